The topological polar surface area (TPSA) is 48.1 Å². The summed E-state index contributed by atoms with van der Waals surface area (Å²) in [4.78, 5) is 4.74. The lowest BCUT2D eigenvalue weighted by Crippen LogP contribution is -1.98. The van der Waals surface area contributed by atoms with Crippen molar-refractivity contribution in [2.45, 2.75) is 26.2 Å². The minimum absolute atomic E-state index is 0. The Balaban J connectivity index is 0.00000156. The number of hydrogen-bond donors (Lipinski definition) is 1. The van der Waals surface area contributed by atoms with Crippen LogP contribution >= 0.6 is 12.4 Å². The standard InChI is InChI=1S/C19H18N2O.ClH/c1-12-4-2-5-13(10-12)22-14-8-9-18-16(11-14)19(20)15-6-3-7-17(15)21-18;/h2,4-5,8-11H,3,6-7H2,1H3,(H2,20,21);1H. The van der Waals surface area contributed by atoms with Gasteiger partial charge in [-0.15, -0.1) is 12.4 Å². The van der Waals surface area contributed by atoms with Crippen molar-refractivity contribution in [1.82, 2.24) is 4.98 Å². The van der Waals surface area contributed by atoms with Gasteiger partial charge in [0.05, 0.1) is 5.52 Å². The molecule has 0 bridgehead atoms. The third-order valence-electron chi connectivity index (χ3n) is 4.25. The van der Waals surface area contributed by atoms with Crippen molar-refractivity contribution >= 4 is 29.0 Å². The molecule has 0 amide bonds. The van der Waals surface area contributed by atoms with Crippen molar-refractivity contribution in [2.24, 2.45) is 0 Å². The lowest BCUT2D eigenvalue weighted by Gasteiger charge is -2.11. The van der Waals surface area contributed by atoms with E-state index >= 15 is 0 Å². The Morgan fingerprint density at radius 1 is 1.04 bits per heavy atom. The second-order valence-electron chi connectivity index (χ2n) is 5.90. The van der Waals surface area contributed by atoms with E-state index in [1.807, 2.05) is 36.4 Å². The summed E-state index contributed by atoms with van der Waals surface area (Å²) in [6.45, 7) is 2.05. The zero-order valence-electron chi connectivity index (χ0n) is 13.0. The summed E-state index contributed by atoms with van der Waals surface area (Å²) in [5.74, 6) is 1.64. The molecule has 2 aromatic carbocycles. The van der Waals surface area contributed by atoms with Crippen molar-refractivity contribution in [1.29, 1.82) is 0 Å². The summed E-state index contributed by atoms with van der Waals surface area (Å²) in [6, 6.07) is 14.0. The molecule has 0 saturated carbocycles. The number of halogens is 1. The van der Waals surface area contributed by atoms with E-state index in [1.54, 1.807) is 0 Å². The van der Waals surface area contributed by atoms with E-state index in [2.05, 4.69) is 13.0 Å². The number of aromatic nitrogens is 1. The minimum atomic E-state index is 0. The van der Waals surface area contributed by atoms with E-state index in [0.29, 0.717) is 0 Å². The molecule has 2 N–H and O–H groups in total. The zero-order chi connectivity index (χ0) is 15.1. The number of anilines is 1. The normalized spacial score (nSPS) is 12.7. The maximum absolute atomic E-state index is 6.36. The average molecular weight is 327 g/mol. The van der Waals surface area contributed by atoms with Gasteiger partial charge in [0.2, 0.25) is 0 Å². The van der Waals surface area contributed by atoms with E-state index in [0.717, 1.165) is 53.0 Å². The second kappa shape index (κ2) is 6.09. The Labute approximate surface area is 141 Å². The molecule has 0 spiro atoms. The van der Waals surface area contributed by atoms with E-state index in [4.69, 9.17) is 15.5 Å². The summed E-state index contributed by atoms with van der Waals surface area (Å²) in [6.07, 6.45) is 3.22. The van der Waals surface area contributed by atoms with Gasteiger partial charge < -0.3 is 10.5 Å². The Bertz CT molecular complexity index is 877. The van der Waals surface area contributed by atoms with Crippen LogP contribution in [-0.4, -0.2) is 4.98 Å². The molecule has 3 aromatic rings. The lowest BCUT2D eigenvalue weighted by molar-refractivity contribution is 0.483. The van der Waals surface area contributed by atoms with Gasteiger partial charge >= 0.3 is 0 Å². The number of nitrogen functional groups attached to an aromatic ring is 1. The summed E-state index contributed by atoms with van der Waals surface area (Å²) < 4.78 is 5.96. The van der Waals surface area contributed by atoms with Crippen LogP contribution in [0.5, 0.6) is 11.5 Å². The number of aryl methyl sites for hydroxylation is 2. The summed E-state index contributed by atoms with van der Waals surface area (Å²) in [5.41, 5.74) is 11.7. The number of ether oxygens (including phenoxy) is 1. The molecule has 0 saturated heterocycles. The molecule has 0 aliphatic heterocycles. The van der Waals surface area contributed by atoms with Gasteiger partial charge in [0.15, 0.2) is 0 Å². The first kappa shape index (κ1) is 15.6. The van der Waals surface area contributed by atoms with E-state index in [9.17, 15) is 0 Å². The van der Waals surface area contributed by atoms with Gasteiger partial charge in [-0.05, 0) is 67.6 Å². The largest absolute Gasteiger partial charge is 0.457 e. The molecule has 1 aliphatic rings. The number of nitrogens with two attached hydrogens (primary N) is 1. The number of nitrogens with zero attached hydrogens (tertiary/aromatic N) is 1. The number of rotatable bonds is 2. The van der Waals surface area contributed by atoms with Crippen LogP contribution in [0.15, 0.2) is 42.5 Å². The van der Waals surface area contributed by atoms with E-state index in [1.165, 1.54) is 11.1 Å². The Kier molecular flexibility index (Phi) is 4.14. The van der Waals surface area contributed by atoms with E-state index < -0.39 is 0 Å². The van der Waals surface area contributed by atoms with Crippen molar-refractivity contribution in [2.75, 3.05) is 5.73 Å². The molecule has 3 nitrogen and oxygen atoms in total. The van der Waals surface area contributed by atoms with Crippen LogP contribution < -0.4 is 10.5 Å². The van der Waals surface area contributed by atoms with Crippen molar-refractivity contribution < 1.29 is 4.74 Å². The third kappa shape index (κ3) is 2.84. The highest BCUT2D eigenvalue weighted by atomic mass is 35.5. The zero-order valence-corrected chi connectivity index (χ0v) is 13.8. The number of fused-ring (bicyclic) bond motifs is 2. The third-order valence-corrected chi connectivity index (χ3v) is 4.25. The predicted molar refractivity (Wildman–Crippen MR) is 96.7 cm³/mol. The van der Waals surface area contributed by atoms with Crippen LogP contribution in [0.25, 0.3) is 10.9 Å². The Morgan fingerprint density at radius 3 is 2.70 bits per heavy atom. The van der Waals surface area contributed by atoms with Crippen molar-refractivity contribution in [3.05, 3.63) is 59.3 Å². The first-order valence-electron chi connectivity index (χ1n) is 7.66. The van der Waals surface area contributed by atoms with Crippen LogP contribution in [0.3, 0.4) is 0 Å². The van der Waals surface area contributed by atoms with Gasteiger partial charge in [-0.1, -0.05) is 12.1 Å². The maximum atomic E-state index is 6.36. The first-order valence-corrected chi connectivity index (χ1v) is 7.66. The fourth-order valence-electron chi connectivity index (χ4n) is 3.16. The Morgan fingerprint density at radius 2 is 1.87 bits per heavy atom. The highest BCUT2D eigenvalue weighted by Crippen LogP contribution is 2.34. The molecule has 0 unspecified atom stereocenters. The molecule has 0 atom stereocenters. The molecule has 0 radical (unpaired) electrons. The number of hydrogen-bond acceptors (Lipinski definition) is 3. The van der Waals surface area contributed by atoms with Crippen LogP contribution in [0.4, 0.5) is 5.69 Å². The van der Waals surface area contributed by atoms with Crippen molar-refractivity contribution in [3.63, 3.8) is 0 Å². The molecule has 4 heteroatoms. The minimum Gasteiger partial charge on any atom is -0.457 e. The van der Waals surface area contributed by atoms with Crippen molar-refractivity contribution in [3.8, 4) is 11.5 Å². The molecule has 1 heterocycles. The summed E-state index contributed by atoms with van der Waals surface area (Å²) >= 11 is 0. The fraction of sp³-hybridized carbons (Fsp3) is 0.211. The monoisotopic (exact) mass is 326 g/mol. The first-order chi connectivity index (χ1) is 10.7. The fourth-order valence-corrected chi connectivity index (χ4v) is 3.16. The Hall–Kier alpha value is -2.26. The van der Waals surface area contributed by atoms with Gasteiger partial charge in [0, 0.05) is 16.8 Å². The number of benzene rings is 2. The molecular weight excluding hydrogens is 308 g/mol. The summed E-state index contributed by atoms with van der Waals surface area (Å²) in [7, 11) is 0. The van der Waals surface area contributed by atoms with Crippen LogP contribution in [0, 0.1) is 6.92 Å². The number of pyridine rings is 1. The van der Waals surface area contributed by atoms with Gasteiger partial charge in [-0.2, -0.15) is 0 Å². The van der Waals surface area contributed by atoms with Crippen LogP contribution in [0.1, 0.15) is 23.2 Å². The quantitative estimate of drug-likeness (QED) is 0.733. The average Bonchev–Trinajstić information content (AvgIpc) is 2.97. The molecule has 1 aromatic heterocycles. The molecule has 0 fully saturated rings. The molecule has 4 rings (SSSR count). The maximum Gasteiger partial charge on any atom is 0.128 e. The van der Waals surface area contributed by atoms with Gasteiger partial charge in [0.1, 0.15) is 11.5 Å². The highest BCUT2D eigenvalue weighted by molar-refractivity contribution is 5.93. The van der Waals surface area contributed by atoms with Crippen LogP contribution in [-0.2, 0) is 12.8 Å². The molecular formula is C19H19ClN2O. The highest BCUT2D eigenvalue weighted by Gasteiger charge is 2.18. The van der Waals surface area contributed by atoms with E-state index in [-0.39, 0.29) is 12.4 Å². The predicted octanol–water partition coefficient (Wildman–Crippen LogP) is 4.83. The van der Waals surface area contributed by atoms with Gasteiger partial charge in [-0.25, -0.2) is 0 Å². The molecule has 1 aliphatic carbocycles. The smallest absolute Gasteiger partial charge is 0.128 e. The second-order valence-corrected chi connectivity index (χ2v) is 5.90. The molecule has 23 heavy (non-hydrogen) atoms. The van der Waals surface area contributed by atoms with Gasteiger partial charge in [-0.3, -0.25) is 4.98 Å². The van der Waals surface area contributed by atoms with Crippen LogP contribution in [0.2, 0.25) is 0 Å². The summed E-state index contributed by atoms with van der Waals surface area (Å²) in [5, 5.41) is 0.991. The lowest BCUT2D eigenvalue weighted by atomic mass is 10.1. The molecule has 118 valence electrons. The SMILES string of the molecule is Cc1cccc(Oc2ccc3nc4c(c(N)c3c2)CCC4)c1.Cl. The van der Waals surface area contributed by atoms with Gasteiger partial charge in [0.25, 0.3) is 0 Å².